The lowest BCUT2D eigenvalue weighted by atomic mass is 10.1. The Morgan fingerprint density at radius 3 is 2.89 bits per heavy atom. The molecular weight excluding hydrogens is 248 g/mol. The molecule has 18 heavy (non-hydrogen) atoms. The minimum Gasteiger partial charge on any atom is -0.397 e. The Hall–Kier alpha value is -0.970. The molecule has 3 N–H and O–H groups in total. The van der Waals surface area contributed by atoms with Crippen LogP contribution in [-0.4, -0.2) is 56.1 Å². The number of para-hydroxylation sites is 1. The van der Waals surface area contributed by atoms with E-state index in [4.69, 9.17) is 17.3 Å². The summed E-state index contributed by atoms with van der Waals surface area (Å²) in [4.78, 5) is 4.72. The van der Waals surface area contributed by atoms with E-state index in [1.807, 2.05) is 18.2 Å². The zero-order valence-corrected chi connectivity index (χ0v) is 11.7. The second-order valence-electron chi connectivity index (χ2n) is 4.98. The number of halogens is 1. The predicted molar refractivity (Wildman–Crippen MR) is 78.3 cm³/mol. The van der Waals surface area contributed by atoms with E-state index in [1.165, 1.54) is 0 Å². The van der Waals surface area contributed by atoms with Gasteiger partial charge in [-0.25, -0.2) is 0 Å². The first-order chi connectivity index (χ1) is 8.58. The summed E-state index contributed by atoms with van der Waals surface area (Å²) in [5.41, 5.74) is 7.48. The lowest BCUT2D eigenvalue weighted by Gasteiger charge is -2.38. The molecule has 0 radical (unpaired) electrons. The van der Waals surface area contributed by atoms with Crippen molar-refractivity contribution in [1.82, 2.24) is 9.80 Å². The summed E-state index contributed by atoms with van der Waals surface area (Å²) >= 11 is 6.15. The van der Waals surface area contributed by atoms with Gasteiger partial charge in [0.1, 0.15) is 0 Å². The summed E-state index contributed by atoms with van der Waals surface area (Å²) in [6, 6.07) is 6.07. The normalized spacial score (nSPS) is 22.1. The number of anilines is 2. The van der Waals surface area contributed by atoms with Crippen LogP contribution in [0, 0.1) is 0 Å². The molecule has 0 spiro atoms. The Morgan fingerprint density at radius 1 is 1.39 bits per heavy atom. The summed E-state index contributed by atoms with van der Waals surface area (Å²) in [7, 11) is 4.32. The minimum absolute atomic E-state index is 0.486. The molecule has 1 aromatic carbocycles. The third-order valence-electron chi connectivity index (χ3n) is 3.54. The summed E-state index contributed by atoms with van der Waals surface area (Å²) in [6.45, 7) is 4.14. The van der Waals surface area contributed by atoms with Gasteiger partial charge in [0.05, 0.1) is 16.4 Å². The Labute approximate surface area is 114 Å². The average Bonchev–Trinajstić information content (AvgIpc) is 2.33. The van der Waals surface area contributed by atoms with E-state index in [-0.39, 0.29) is 0 Å². The summed E-state index contributed by atoms with van der Waals surface area (Å²) in [5, 5.41) is 4.06. The van der Waals surface area contributed by atoms with E-state index in [9.17, 15) is 0 Å². The largest absolute Gasteiger partial charge is 0.397 e. The monoisotopic (exact) mass is 268 g/mol. The molecule has 0 aliphatic carbocycles. The molecule has 5 heteroatoms. The summed E-state index contributed by atoms with van der Waals surface area (Å²) in [5.74, 6) is 0. The highest BCUT2D eigenvalue weighted by atomic mass is 35.5. The molecule has 0 amide bonds. The Bertz CT molecular complexity index is 390. The molecule has 2 rings (SSSR count). The van der Waals surface area contributed by atoms with Crippen molar-refractivity contribution in [3.63, 3.8) is 0 Å². The van der Waals surface area contributed by atoms with Crippen LogP contribution in [0.5, 0.6) is 0 Å². The van der Waals surface area contributed by atoms with Crippen molar-refractivity contribution in [3.05, 3.63) is 23.2 Å². The van der Waals surface area contributed by atoms with E-state index in [1.54, 1.807) is 0 Å². The van der Waals surface area contributed by atoms with Crippen molar-refractivity contribution in [2.24, 2.45) is 0 Å². The van der Waals surface area contributed by atoms with E-state index >= 15 is 0 Å². The standard InChI is InChI=1S/C13H21ClN4/c1-17-6-7-18(2)10(9-17)8-16-13-11(14)4-3-5-12(13)15/h3-5,10,16H,6-9,15H2,1-2H3. The molecule has 4 nitrogen and oxygen atoms in total. The number of benzene rings is 1. The van der Waals surface area contributed by atoms with Gasteiger partial charge in [-0.2, -0.15) is 0 Å². The second-order valence-corrected chi connectivity index (χ2v) is 5.39. The fraction of sp³-hybridized carbons (Fsp3) is 0.538. The predicted octanol–water partition coefficient (Wildman–Crippen LogP) is 1.58. The molecule has 1 unspecified atom stereocenters. The molecule has 1 atom stereocenters. The van der Waals surface area contributed by atoms with Crippen molar-refractivity contribution in [2.75, 3.05) is 51.3 Å². The number of piperazine rings is 1. The minimum atomic E-state index is 0.486. The van der Waals surface area contributed by atoms with Gasteiger partial charge >= 0.3 is 0 Å². The first-order valence-electron chi connectivity index (χ1n) is 6.24. The lowest BCUT2D eigenvalue weighted by molar-refractivity contribution is 0.122. The smallest absolute Gasteiger partial charge is 0.0763 e. The van der Waals surface area contributed by atoms with E-state index in [2.05, 4.69) is 29.2 Å². The number of rotatable bonds is 3. The van der Waals surface area contributed by atoms with Crippen LogP contribution < -0.4 is 11.1 Å². The van der Waals surface area contributed by atoms with Gasteiger partial charge in [-0.15, -0.1) is 0 Å². The Balaban J connectivity index is 1.98. The number of hydrogen-bond acceptors (Lipinski definition) is 4. The van der Waals surface area contributed by atoms with E-state index in [0.29, 0.717) is 16.8 Å². The van der Waals surface area contributed by atoms with E-state index < -0.39 is 0 Å². The number of nitrogens with zero attached hydrogens (tertiary/aromatic N) is 2. The molecule has 100 valence electrons. The maximum absolute atomic E-state index is 6.15. The topological polar surface area (TPSA) is 44.5 Å². The van der Waals surface area contributed by atoms with Gasteiger partial charge in [0, 0.05) is 32.2 Å². The molecule has 1 saturated heterocycles. The zero-order valence-electron chi connectivity index (χ0n) is 11.0. The van der Waals surface area contributed by atoms with Crippen LogP contribution in [-0.2, 0) is 0 Å². The third-order valence-corrected chi connectivity index (χ3v) is 3.86. The number of nitrogen functional groups attached to an aromatic ring is 1. The van der Waals surface area contributed by atoms with Crippen LogP contribution in [0.1, 0.15) is 0 Å². The second kappa shape index (κ2) is 5.78. The van der Waals surface area contributed by atoms with Gasteiger partial charge in [0.2, 0.25) is 0 Å². The van der Waals surface area contributed by atoms with Crippen LogP contribution in [0.4, 0.5) is 11.4 Å². The SMILES string of the molecule is CN1CCN(C)C(CNc2c(N)cccc2Cl)C1. The molecule has 1 heterocycles. The fourth-order valence-electron chi connectivity index (χ4n) is 2.27. The van der Waals surface area contributed by atoms with Crippen molar-refractivity contribution < 1.29 is 0 Å². The molecule has 1 fully saturated rings. The summed E-state index contributed by atoms with van der Waals surface area (Å²) in [6.07, 6.45) is 0. The number of likely N-dealkylation sites (N-methyl/N-ethyl adjacent to an activating group) is 2. The van der Waals surface area contributed by atoms with Crippen LogP contribution in [0.2, 0.25) is 5.02 Å². The molecule has 1 aliphatic rings. The van der Waals surface area contributed by atoms with Crippen molar-refractivity contribution in [3.8, 4) is 0 Å². The molecule has 0 saturated carbocycles. The third kappa shape index (κ3) is 3.07. The van der Waals surface area contributed by atoms with Crippen molar-refractivity contribution in [1.29, 1.82) is 0 Å². The molecule has 1 aromatic rings. The lowest BCUT2D eigenvalue weighted by Crippen LogP contribution is -2.52. The number of nitrogens with one attached hydrogen (secondary N) is 1. The van der Waals surface area contributed by atoms with Crippen molar-refractivity contribution >= 4 is 23.0 Å². The molecule has 0 bridgehead atoms. The number of nitrogens with two attached hydrogens (primary N) is 1. The Morgan fingerprint density at radius 2 is 2.17 bits per heavy atom. The van der Waals surface area contributed by atoms with Gasteiger partial charge in [-0.3, -0.25) is 4.90 Å². The maximum Gasteiger partial charge on any atom is 0.0763 e. The average molecular weight is 269 g/mol. The summed E-state index contributed by atoms with van der Waals surface area (Å²) < 4.78 is 0. The highest BCUT2D eigenvalue weighted by molar-refractivity contribution is 6.33. The highest BCUT2D eigenvalue weighted by Crippen LogP contribution is 2.27. The first kappa shape index (κ1) is 13.5. The highest BCUT2D eigenvalue weighted by Gasteiger charge is 2.22. The van der Waals surface area contributed by atoms with Gasteiger partial charge < -0.3 is 16.0 Å². The maximum atomic E-state index is 6.15. The Kier molecular flexibility index (Phi) is 4.32. The van der Waals surface area contributed by atoms with Crippen molar-refractivity contribution in [2.45, 2.75) is 6.04 Å². The van der Waals surface area contributed by atoms with Gasteiger partial charge in [-0.1, -0.05) is 17.7 Å². The van der Waals surface area contributed by atoms with Gasteiger partial charge in [0.25, 0.3) is 0 Å². The molecule has 1 aliphatic heterocycles. The van der Waals surface area contributed by atoms with Crippen LogP contribution in [0.15, 0.2) is 18.2 Å². The first-order valence-corrected chi connectivity index (χ1v) is 6.62. The van der Waals surface area contributed by atoms with Gasteiger partial charge in [0.15, 0.2) is 0 Å². The fourth-order valence-corrected chi connectivity index (χ4v) is 2.52. The van der Waals surface area contributed by atoms with Crippen LogP contribution in [0.25, 0.3) is 0 Å². The quantitative estimate of drug-likeness (QED) is 0.817. The molecular formula is C13H21ClN4. The van der Waals surface area contributed by atoms with E-state index in [0.717, 1.165) is 31.9 Å². The molecule has 0 aromatic heterocycles. The van der Waals surface area contributed by atoms with Gasteiger partial charge in [-0.05, 0) is 26.2 Å². The van der Waals surface area contributed by atoms with Crippen LogP contribution >= 0.6 is 11.6 Å². The number of hydrogen-bond donors (Lipinski definition) is 2. The van der Waals surface area contributed by atoms with Crippen LogP contribution in [0.3, 0.4) is 0 Å². The zero-order chi connectivity index (χ0) is 13.1.